The molecule has 1 aromatic heterocycles. The summed E-state index contributed by atoms with van der Waals surface area (Å²) in [6.07, 6.45) is 0. The van der Waals surface area contributed by atoms with Crippen LogP contribution < -0.4 is 19.9 Å². The zero-order valence-corrected chi connectivity index (χ0v) is 17.3. The highest BCUT2D eigenvalue weighted by molar-refractivity contribution is 6.06. The van der Waals surface area contributed by atoms with E-state index in [1.165, 1.54) is 0 Å². The predicted octanol–water partition coefficient (Wildman–Crippen LogP) is 4.39. The molecule has 156 valence electrons. The molecule has 0 radical (unpaired) electrons. The molecule has 0 aliphatic rings. The normalized spacial score (nSPS) is 10.6. The van der Waals surface area contributed by atoms with Crippen molar-refractivity contribution >= 4 is 22.5 Å². The number of anilines is 1. The van der Waals surface area contributed by atoms with E-state index in [0.29, 0.717) is 28.3 Å². The fourth-order valence-electron chi connectivity index (χ4n) is 3.49. The number of hydrogen-bond acceptors (Lipinski definition) is 4. The lowest BCUT2D eigenvalue weighted by Gasteiger charge is -2.25. The Morgan fingerprint density at radius 2 is 1.61 bits per heavy atom. The monoisotopic (exact) mass is 414 g/mol. The van der Waals surface area contributed by atoms with Crippen LogP contribution in [0.4, 0.5) is 5.69 Å². The smallest absolute Gasteiger partial charge is 0.258 e. The van der Waals surface area contributed by atoms with E-state index in [2.05, 4.69) is 4.98 Å². The summed E-state index contributed by atoms with van der Waals surface area (Å²) in [6, 6.07) is 23.5. The molecule has 31 heavy (non-hydrogen) atoms. The number of hydrogen-bond donors (Lipinski definition) is 1. The molecule has 6 nitrogen and oxygen atoms in total. The average Bonchev–Trinajstić information content (AvgIpc) is 2.82. The maximum Gasteiger partial charge on any atom is 0.258 e. The molecule has 0 unspecified atom stereocenters. The van der Waals surface area contributed by atoms with Gasteiger partial charge in [0.1, 0.15) is 11.5 Å². The second kappa shape index (κ2) is 8.75. The van der Waals surface area contributed by atoms with Crippen molar-refractivity contribution in [3.8, 4) is 11.5 Å². The number of ether oxygens (including phenoxy) is 2. The van der Waals surface area contributed by atoms with Crippen LogP contribution in [0.5, 0.6) is 11.5 Å². The van der Waals surface area contributed by atoms with Crippen molar-refractivity contribution in [2.24, 2.45) is 0 Å². The summed E-state index contributed by atoms with van der Waals surface area (Å²) in [4.78, 5) is 30.7. The number of rotatable bonds is 6. The molecular formula is C25H22N2O4. The largest absolute Gasteiger partial charge is 0.497 e. The number of aromatic amines is 1. The van der Waals surface area contributed by atoms with E-state index < -0.39 is 0 Å². The number of aromatic nitrogens is 1. The van der Waals surface area contributed by atoms with Gasteiger partial charge in [0, 0.05) is 16.6 Å². The van der Waals surface area contributed by atoms with Crippen molar-refractivity contribution in [2.75, 3.05) is 19.1 Å². The molecule has 0 bridgehead atoms. The number of methoxy groups -OCH3 is 2. The zero-order valence-electron chi connectivity index (χ0n) is 17.3. The van der Waals surface area contributed by atoms with Gasteiger partial charge in [-0.1, -0.05) is 30.3 Å². The number of amides is 1. The minimum atomic E-state index is -0.250. The molecule has 0 aliphatic carbocycles. The number of nitrogens with one attached hydrogen (secondary N) is 1. The minimum absolute atomic E-state index is 0.0887. The lowest BCUT2D eigenvalue weighted by atomic mass is 10.1. The van der Waals surface area contributed by atoms with Gasteiger partial charge in [0.2, 0.25) is 0 Å². The van der Waals surface area contributed by atoms with E-state index in [0.717, 1.165) is 10.9 Å². The third-order valence-electron chi connectivity index (χ3n) is 5.12. The van der Waals surface area contributed by atoms with Crippen molar-refractivity contribution in [2.45, 2.75) is 6.54 Å². The summed E-state index contributed by atoms with van der Waals surface area (Å²) in [5.41, 5.74) is 2.05. The van der Waals surface area contributed by atoms with Gasteiger partial charge in [0.05, 0.1) is 26.5 Å². The van der Waals surface area contributed by atoms with Crippen molar-refractivity contribution in [3.05, 3.63) is 100 Å². The van der Waals surface area contributed by atoms with Gasteiger partial charge in [-0.3, -0.25) is 9.59 Å². The second-order valence-electron chi connectivity index (χ2n) is 7.00. The van der Waals surface area contributed by atoms with Crippen LogP contribution in [0.25, 0.3) is 10.9 Å². The van der Waals surface area contributed by atoms with Crippen molar-refractivity contribution in [3.63, 3.8) is 0 Å². The van der Waals surface area contributed by atoms with Crippen LogP contribution in [0.3, 0.4) is 0 Å². The number of benzene rings is 3. The van der Waals surface area contributed by atoms with Crippen LogP contribution in [-0.2, 0) is 6.54 Å². The van der Waals surface area contributed by atoms with Gasteiger partial charge < -0.3 is 19.4 Å². The fourth-order valence-corrected chi connectivity index (χ4v) is 3.49. The lowest BCUT2D eigenvalue weighted by molar-refractivity contribution is 0.0984. The number of H-pyrrole nitrogens is 1. The van der Waals surface area contributed by atoms with Crippen molar-refractivity contribution in [1.29, 1.82) is 0 Å². The summed E-state index contributed by atoms with van der Waals surface area (Å²) in [6.45, 7) is 0.0887. The van der Waals surface area contributed by atoms with Crippen molar-refractivity contribution < 1.29 is 14.3 Å². The first-order valence-electron chi connectivity index (χ1n) is 9.80. The van der Waals surface area contributed by atoms with Crippen LogP contribution in [0.15, 0.2) is 83.7 Å². The molecule has 1 amide bonds. The third-order valence-corrected chi connectivity index (χ3v) is 5.12. The fraction of sp³-hybridized carbons (Fsp3) is 0.120. The second-order valence-corrected chi connectivity index (χ2v) is 7.00. The van der Waals surface area contributed by atoms with E-state index in [1.807, 2.05) is 42.5 Å². The number of carbonyl (C=O) groups is 1. The number of nitrogens with zero attached hydrogens (tertiary/aromatic N) is 1. The molecule has 0 saturated carbocycles. The zero-order chi connectivity index (χ0) is 21.8. The molecule has 3 aromatic carbocycles. The minimum Gasteiger partial charge on any atom is -0.497 e. The van der Waals surface area contributed by atoms with E-state index in [1.54, 1.807) is 55.5 Å². The van der Waals surface area contributed by atoms with Crippen LogP contribution in [0, 0.1) is 0 Å². The van der Waals surface area contributed by atoms with E-state index >= 15 is 0 Å². The average molecular weight is 414 g/mol. The molecule has 0 saturated heterocycles. The SMILES string of the molecule is COc1ccc(C(=O)N(Cc2cc3ccccc3[nH]c2=O)c2ccccc2OC)cc1. The van der Waals surface area contributed by atoms with Gasteiger partial charge in [-0.25, -0.2) is 0 Å². The number of para-hydroxylation sites is 3. The first-order chi connectivity index (χ1) is 15.1. The van der Waals surface area contributed by atoms with E-state index in [4.69, 9.17) is 9.47 Å². The maximum atomic E-state index is 13.5. The Labute approximate surface area is 179 Å². The quantitative estimate of drug-likeness (QED) is 0.508. The van der Waals surface area contributed by atoms with Crippen LogP contribution >= 0.6 is 0 Å². The Balaban J connectivity index is 1.79. The summed E-state index contributed by atoms with van der Waals surface area (Å²) < 4.78 is 10.7. The molecule has 0 fully saturated rings. The highest BCUT2D eigenvalue weighted by atomic mass is 16.5. The van der Waals surface area contributed by atoms with Crippen LogP contribution in [-0.4, -0.2) is 25.1 Å². The number of carbonyl (C=O) groups excluding carboxylic acids is 1. The first kappa shape index (κ1) is 20.2. The molecule has 1 heterocycles. The molecule has 0 spiro atoms. The summed E-state index contributed by atoms with van der Waals surface area (Å²) in [7, 11) is 3.13. The summed E-state index contributed by atoms with van der Waals surface area (Å²) in [5.74, 6) is 0.952. The van der Waals surface area contributed by atoms with Crippen LogP contribution in [0.2, 0.25) is 0 Å². The van der Waals surface area contributed by atoms with Gasteiger partial charge in [-0.15, -0.1) is 0 Å². The van der Waals surface area contributed by atoms with Gasteiger partial charge >= 0.3 is 0 Å². The molecule has 0 aliphatic heterocycles. The Hall–Kier alpha value is -4.06. The van der Waals surface area contributed by atoms with Crippen LogP contribution in [0.1, 0.15) is 15.9 Å². The standard InChI is InChI=1S/C25H22N2O4/c1-30-20-13-11-17(12-14-20)25(29)27(22-9-5-6-10-23(22)31-2)16-19-15-18-7-3-4-8-21(18)26-24(19)28/h3-15H,16H2,1-2H3,(H,26,28). The lowest BCUT2D eigenvalue weighted by Crippen LogP contribution is -2.33. The van der Waals surface area contributed by atoms with Gasteiger partial charge in [-0.2, -0.15) is 0 Å². The van der Waals surface area contributed by atoms with Crippen molar-refractivity contribution in [1.82, 2.24) is 4.98 Å². The number of pyridine rings is 1. The molecule has 0 atom stereocenters. The summed E-state index contributed by atoms with van der Waals surface area (Å²) in [5, 5.41) is 0.897. The van der Waals surface area contributed by atoms with Gasteiger partial charge in [-0.05, 0) is 53.9 Å². The molecule has 4 aromatic rings. The van der Waals surface area contributed by atoms with E-state index in [9.17, 15) is 9.59 Å². The highest BCUT2D eigenvalue weighted by Gasteiger charge is 2.22. The molecule has 1 N–H and O–H groups in total. The topological polar surface area (TPSA) is 71.6 Å². The van der Waals surface area contributed by atoms with Gasteiger partial charge in [0.25, 0.3) is 11.5 Å². The third kappa shape index (κ3) is 4.14. The molecule has 6 heteroatoms. The Bertz CT molecular complexity index is 1280. The summed E-state index contributed by atoms with van der Waals surface area (Å²) >= 11 is 0. The molecule has 4 rings (SSSR count). The van der Waals surface area contributed by atoms with E-state index in [-0.39, 0.29) is 18.0 Å². The highest BCUT2D eigenvalue weighted by Crippen LogP contribution is 2.30. The maximum absolute atomic E-state index is 13.5. The Morgan fingerprint density at radius 1 is 0.903 bits per heavy atom. The Kier molecular flexibility index (Phi) is 5.71. The molecular weight excluding hydrogens is 392 g/mol. The predicted molar refractivity (Wildman–Crippen MR) is 121 cm³/mol. The van der Waals surface area contributed by atoms with Gasteiger partial charge in [0.15, 0.2) is 0 Å². The number of fused-ring (bicyclic) bond motifs is 1. The Morgan fingerprint density at radius 3 is 2.35 bits per heavy atom. The first-order valence-corrected chi connectivity index (χ1v) is 9.80.